The van der Waals surface area contributed by atoms with Crippen LogP contribution in [0.15, 0.2) is 46.7 Å². The molecule has 0 aromatic carbocycles. The van der Waals surface area contributed by atoms with Crippen molar-refractivity contribution in [1.29, 1.82) is 0 Å². The van der Waals surface area contributed by atoms with Crippen molar-refractivity contribution in [3.05, 3.63) is 47.3 Å². The highest BCUT2D eigenvalue weighted by Gasteiger charge is 2.16. The molecule has 2 heterocycles. The lowest BCUT2D eigenvalue weighted by Gasteiger charge is -2.34. The number of piperazine rings is 1. The molecular weight excluding hydrogens is 330 g/mol. The van der Waals surface area contributed by atoms with Crippen molar-refractivity contribution < 1.29 is 9.59 Å². The largest absolute Gasteiger partial charge is 0.366 e. The molecule has 0 atom stereocenters. The minimum absolute atomic E-state index is 0.0190. The van der Waals surface area contributed by atoms with Gasteiger partial charge in [-0.2, -0.15) is 0 Å². The number of allylic oxidation sites excluding steroid dienone is 3. The van der Waals surface area contributed by atoms with Crippen LogP contribution in [0.2, 0.25) is 0 Å². The third-order valence-corrected chi connectivity index (χ3v) is 4.27. The highest BCUT2D eigenvalue weighted by Crippen LogP contribution is 2.14. The lowest BCUT2D eigenvalue weighted by molar-refractivity contribution is -0.113. The van der Waals surface area contributed by atoms with Gasteiger partial charge in [0.05, 0.1) is 17.6 Å². The van der Waals surface area contributed by atoms with Gasteiger partial charge in [-0.15, -0.1) is 0 Å². The fourth-order valence-corrected chi connectivity index (χ4v) is 2.53. The number of hydrogen-bond acceptors (Lipinski definition) is 5. The van der Waals surface area contributed by atoms with E-state index in [0.29, 0.717) is 16.8 Å². The summed E-state index contributed by atoms with van der Waals surface area (Å²) in [6.07, 6.45) is 7.01. The molecule has 0 bridgehead atoms. The van der Waals surface area contributed by atoms with Gasteiger partial charge >= 0.3 is 0 Å². The van der Waals surface area contributed by atoms with Crippen LogP contribution >= 0.6 is 0 Å². The average molecular weight is 355 g/mol. The van der Waals surface area contributed by atoms with Crippen LogP contribution in [0.3, 0.4) is 0 Å². The standard InChI is InChI=1S/C19H25N5O2/c1-4-5-17(14(2)15(3)25)22-13-23-8-10-24(11-9-23)18-7-6-16(12-21-18)19(20)26/h4-7,12-13H,8-11H2,1-3H3,(H2,20,26)/b5-4-,17-14-,22-13?. The normalized spacial score (nSPS) is 16.3. The van der Waals surface area contributed by atoms with Crippen molar-refractivity contribution in [2.75, 3.05) is 31.1 Å². The van der Waals surface area contributed by atoms with Gasteiger partial charge in [0.15, 0.2) is 5.78 Å². The number of hydrogen-bond donors (Lipinski definition) is 1. The molecule has 1 aliphatic rings. The van der Waals surface area contributed by atoms with Gasteiger partial charge in [-0.05, 0) is 39.0 Å². The summed E-state index contributed by atoms with van der Waals surface area (Å²) in [6, 6.07) is 3.50. The van der Waals surface area contributed by atoms with Crippen LogP contribution in [0.25, 0.3) is 0 Å². The van der Waals surface area contributed by atoms with Crippen LogP contribution in [-0.2, 0) is 4.79 Å². The first-order chi connectivity index (χ1) is 12.4. The van der Waals surface area contributed by atoms with Crippen molar-refractivity contribution in [3.63, 3.8) is 0 Å². The van der Waals surface area contributed by atoms with E-state index in [4.69, 9.17) is 5.73 Å². The first kappa shape index (κ1) is 19.4. The fourth-order valence-electron chi connectivity index (χ4n) is 2.53. The van der Waals surface area contributed by atoms with Crippen LogP contribution in [0.5, 0.6) is 0 Å². The Morgan fingerprint density at radius 2 is 1.88 bits per heavy atom. The smallest absolute Gasteiger partial charge is 0.250 e. The van der Waals surface area contributed by atoms with E-state index >= 15 is 0 Å². The summed E-state index contributed by atoms with van der Waals surface area (Å²) in [5, 5.41) is 0. The van der Waals surface area contributed by atoms with Gasteiger partial charge in [-0.3, -0.25) is 9.59 Å². The zero-order chi connectivity index (χ0) is 19.1. The van der Waals surface area contributed by atoms with Gasteiger partial charge in [0.1, 0.15) is 5.82 Å². The van der Waals surface area contributed by atoms with Gasteiger partial charge in [-0.1, -0.05) is 6.08 Å². The van der Waals surface area contributed by atoms with Crippen LogP contribution in [0, 0.1) is 0 Å². The van der Waals surface area contributed by atoms with E-state index in [1.54, 1.807) is 26.3 Å². The van der Waals surface area contributed by atoms with Gasteiger partial charge in [-0.25, -0.2) is 9.98 Å². The van der Waals surface area contributed by atoms with E-state index in [2.05, 4.69) is 19.8 Å². The maximum Gasteiger partial charge on any atom is 0.250 e. The summed E-state index contributed by atoms with van der Waals surface area (Å²) in [4.78, 5) is 35.7. The molecular formula is C19H25N5O2. The Morgan fingerprint density at radius 1 is 1.19 bits per heavy atom. The molecule has 0 saturated carbocycles. The Balaban J connectivity index is 1.98. The summed E-state index contributed by atoms with van der Waals surface area (Å²) in [7, 11) is 0. The number of primary amides is 1. The number of aromatic nitrogens is 1. The van der Waals surface area contributed by atoms with Gasteiger partial charge < -0.3 is 15.5 Å². The number of aliphatic imine (C=N–C) groups is 1. The van der Waals surface area contributed by atoms with Crippen molar-refractivity contribution in [2.24, 2.45) is 10.7 Å². The minimum Gasteiger partial charge on any atom is -0.366 e. The zero-order valence-corrected chi connectivity index (χ0v) is 15.5. The van der Waals surface area contributed by atoms with E-state index < -0.39 is 5.91 Å². The SMILES string of the molecule is C/C=C\C(N=CN1CCN(c2ccc(C(N)=O)cn2)CC1)=C(/C)C(C)=O. The molecule has 7 nitrogen and oxygen atoms in total. The fraction of sp³-hybridized carbons (Fsp3) is 0.368. The molecule has 0 spiro atoms. The van der Waals surface area contributed by atoms with E-state index in [9.17, 15) is 9.59 Å². The summed E-state index contributed by atoms with van der Waals surface area (Å²) < 4.78 is 0. The van der Waals surface area contributed by atoms with Crippen molar-refractivity contribution in [1.82, 2.24) is 9.88 Å². The number of pyridine rings is 1. The highest BCUT2D eigenvalue weighted by molar-refractivity contribution is 5.94. The Bertz CT molecular complexity index is 742. The average Bonchev–Trinajstić information content (AvgIpc) is 2.65. The number of Topliss-reactive ketones (excluding diaryl/α,β-unsaturated/α-hetero) is 1. The molecule has 0 radical (unpaired) electrons. The summed E-state index contributed by atoms with van der Waals surface area (Å²) in [5.41, 5.74) is 6.98. The maximum atomic E-state index is 11.6. The quantitative estimate of drug-likeness (QED) is 0.363. The molecule has 26 heavy (non-hydrogen) atoms. The number of rotatable bonds is 6. The van der Waals surface area contributed by atoms with Gasteiger partial charge in [0.25, 0.3) is 0 Å². The Morgan fingerprint density at radius 3 is 2.38 bits per heavy atom. The predicted octanol–water partition coefficient (Wildman–Crippen LogP) is 1.77. The summed E-state index contributed by atoms with van der Waals surface area (Å²) in [6.45, 7) is 8.42. The van der Waals surface area contributed by atoms with E-state index in [1.807, 2.05) is 25.1 Å². The van der Waals surface area contributed by atoms with E-state index in [-0.39, 0.29) is 5.78 Å². The van der Waals surface area contributed by atoms with Gasteiger partial charge in [0, 0.05) is 37.9 Å². The lowest BCUT2D eigenvalue weighted by atomic mass is 10.1. The molecule has 1 aromatic rings. The van der Waals surface area contributed by atoms with E-state index in [0.717, 1.165) is 32.0 Å². The van der Waals surface area contributed by atoms with Crippen LogP contribution in [-0.4, -0.2) is 54.1 Å². The maximum absolute atomic E-state index is 11.6. The molecule has 138 valence electrons. The highest BCUT2D eigenvalue weighted by atomic mass is 16.1. The molecule has 1 aliphatic heterocycles. The van der Waals surface area contributed by atoms with Crippen LogP contribution < -0.4 is 10.6 Å². The topological polar surface area (TPSA) is 91.9 Å². The number of nitrogens with two attached hydrogens (primary N) is 1. The number of carbonyl (C=O) groups is 2. The Labute approximate surface area is 153 Å². The Kier molecular flexibility index (Phi) is 6.66. The zero-order valence-electron chi connectivity index (χ0n) is 15.5. The molecule has 1 saturated heterocycles. The second-order valence-corrected chi connectivity index (χ2v) is 6.10. The molecule has 0 aliphatic carbocycles. The molecule has 1 fully saturated rings. The molecule has 7 heteroatoms. The monoisotopic (exact) mass is 355 g/mol. The minimum atomic E-state index is -0.476. The third-order valence-electron chi connectivity index (χ3n) is 4.27. The molecule has 2 rings (SSSR count). The summed E-state index contributed by atoms with van der Waals surface area (Å²) in [5.74, 6) is 0.370. The molecule has 1 aromatic heterocycles. The van der Waals surface area contributed by atoms with Crippen LogP contribution in [0.1, 0.15) is 31.1 Å². The first-order valence-corrected chi connectivity index (χ1v) is 8.56. The number of nitrogens with zero attached hydrogens (tertiary/aromatic N) is 4. The second-order valence-electron chi connectivity index (χ2n) is 6.10. The van der Waals surface area contributed by atoms with Crippen molar-refractivity contribution in [3.8, 4) is 0 Å². The third kappa shape index (κ3) is 5.02. The molecule has 1 amide bonds. The van der Waals surface area contributed by atoms with Crippen molar-refractivity contribution >= 4 is 23.8 Å². The first-order valence-electron chi connectivity index (χ1n) is 8.56. The molecule has 0 unspecified atom stereocenters. The van der Waals surface area contributed by atoms with E-state index in [1.165, 1.54) is 6.20 Å². The van der Waals surface area contributed by atoms with Crippen molar-refractivity contribution in [2.45, 2.75) is 20.8 Å². The van der Waals surface area contributed by atoms with Gasteiger partial charge in [0.2, 0.25) is 5.91 Å². The van der Waals surface area contributed by atoms with Crippen LogP contribution in [0.4, 0.5) is 5.82 Å². The predicted molar refractivity (Wildman–Crippen MR) is 103 cm³/mol. The number of amides is 1. The molecule has 2 N–H and O–H groups in total. The Hall–Kier alpha value is -2.96. The number of carbonyl (C=O) groups excluding carboxylic acids is 2. The lowest BCUT2D eigenvalue weighted by Crippen LogP contribution is -2.46. The number of ketones is 1. The number of anilines is 1. The summed E-state index contributed by atoms with van der Waals surface area (Å²) >= 11 is 0. The second kappa shape index (κ2) is 8.94.